The van der Waals surface area contributed by atoms with Gasteiger partial charge in [0.15, 0.2) is 5.82 Å². The lowest BCUT2D eigenvalue weighted by Crippen LogP contribution is -2.19. The molecule has 0 aliphatic heterocycles. The molecule has 10 heteroatoms. The Labute approximate surface area is 132 Å². The van der Waals surface area contributed by atoms with Crippen LogP contribution in [-0.4, -0.2) is 35.6 Å². The quantitative estimate of drug-likeness (QED) is 0.849. The maximum absolute atomic E-state index is 12.0. The SMILES string of the molecule is Cc1c(Cl)cccc1NC(=O)Cn1cc(NS(C)(=O)=O)nn1. The summed E-state index contributed by atoms with van der Waals surface area (Å²) in [6.07, 6.45) is 2.33. The van der Waals surface area contributed by atoms with Gasteiger partial charge in [-0.05, 0) is 24.6 Å². The molecule has 0 fully saturated rings. The third-order valence-corrected chi connectivity index (χ3v) is 3.67. The van der Waals surface area contributed by atoms with Crippen LogP contribution < -0.4 is 10.0 Å². The van der Waals surface area contributed by atoms with Crippen molar-refractivity contribution in [3.63, 3.8) is 0 Å². The summed E-state index contributed by atoms with van der Waals surface area (Å²) in [7, 11) is -3.43. The van der Waals surface area contributed by atoms with Crippen LogP contribution in [0.25, 0.3) is 0 Å². The lowest BCUT2D eigenvalue weighted by molar-refractivity contribution is -0.116. The molecule has 0 spiro atoms. The number of sulfonamides is 1. The molecule has 0 bridgehead atoms. The summed E-state index contributed by atoms with van der Waals surface area (Å²) in [5, 5.41) is 10.5. The van der Waals surface area contributed by atoms with Crippen LogP contribution in [0.15, 0.2) is 24.4 Å². The number of halogens is 1. The average molecular weight is 344 g/mol. The van der Waals surface area contributed by atoms with Gasteiger partial charge >= 0.3 is 0 Å². The molecule has 2 rings (SSSR count). The number of nitrogens with one attached hydrogen (secondary N) is 2. The highest BCUT2D eigenvalue weighted by atomic mass is 35.5. The van der Waals surface area contributed by atoms with E-state index in [-0.39, 0.29) is 18.3 Å². The van der Waals surface area contributed by atoms with Crippen molar-refractivity contribution in [2.75, 3.05) is 16.3 Å². The van der Waals surface area contributed by atoms with Crippen molar-refractivity contribution in [1.29, 1.82) is 0 Å². The fourth-order valence-corrected chi connectivity index (χ4v) is 2.34. The number of hydrogen-bond donors (Lipinski definition) is 2. The second-order valence-corrected chi connectivity index (χ2v) is 6.79. The van der Waals surface area contributed by atoms with Crippen LogP contribution in [0.1, 0.15) is 5.56 Å². The number of carbonyl (C=O) groups excluding carboxylic acids is 1. The minimum absolute atomic E-state index is 0.0502. The van der Waals surface area contributed by atoms with Crippen LogP contribution in [0.4, 0.5) is 11.5 Å². The summed E-state index contributed by atoms with van der Waals surface area (Å²) in [5.74, 6) is -0.282. The first-order valence-corrected chi connectivity index (χ1v) is 8.44. The van der Waals surface area contributed by atoms with Gasteiger partial charge in [0.05, 0.1) is 12.5 Å². The molecule has 0 aliphatic carbocycles. The van der Waals surface area contributed by atoms with E-state index in [9.17, 15) is 13.2 Å². The number of rotatable bonds is 5. The molecule has 2 N–H and O–H groups in total. The maximum atomic E-state index is 12.0. The predicted molar refractivity (Wildman–Crippen MR) is 83.3 cm³/mol. The number of benzene rings is 1. The van der Waals surface area contributed by atoms with Crippen LogP contribution in [0, 0.1) is 6.92 Å². The highest BCUT2D eigenvalue weighted by Crippen LogP contribution is 2.22. The van der Waals surface area contributed by atoms with Crippen molar-refractivity contribution < 1.29 is 13.2 Å². The number of hydrogen-bond acceptors (Lipinski definition) is 5. The van der Waals surface area contributed by atoms with Crippen LogP contribution >= 0.6 is 11.6 Å². The summed E-state index contributed by atoms with van der Waals surface area (Å²) in [6.45, 7) is 1.69. The Morgan fingerprint density at radius 3 is 2.82 bits per heavy atom. The smallest absolute Gasteiger partial charge is 0.246 e. The van der Waals surface area contributed by atoms with Gasteiger partial charge in [0, 0.05) is 10.7 Å². The van der Waals surface area contributed by atoms with Gasteiger partial charge in [0.1, 0.15) is 6.54 Å². The fraction of sp³-hybridized carbons (Fsp3) is 0.250. The molecule has 2 aromatic rings. The summed E-state index contributed by atoms with van der Waals surface area (Å²) in [6, 6.07) is 5.19. The molecule has 0 unspecified atom stereocenters. The van der Waals surface area contributed by atoms with Gasteiger partial charge in [0.25, 0.3) is 0 Å². The van der Waals surface area contributed by atoms with Crippen molar-refractivity contribution in [1.82, 2.24) is 15.0 Å². The Kier molecular flexibility index (Phi) is 4.67. The zero-order chi connectivity index (χ0) is 16.3. The molecule has 22 heavy (non-hydrogen) atoms. The van der Waals surface area contributed by atoms with E-state index < -0.39 is 10.0 Å². The van der Waals surface area contributed by atoms with Gasteiger partial charge in [-0.25, -0.2) is 13.1 Å². The Hall–Kier alpha value is -2.13. The van der Waals surface area contributed by atoms with Crippen LogP contribution in [0.5, 0.6) is 0 Å². The monoisotopic (exact) mass is 343 g/mol. The lowest BCUT2D eigenvalue weighted by Gasteiger charge is -2.09. The molecule has 0 saturated carbocycles. The Bertz CT molecular complexity index is 803. The van der Waals surface area contributed by atoms with Crippen molar-refractivity contribution >= 4 is 39.0 Å². The van der Waals surface area contributed by atoms with Crippen molar-refractivity contribution in [2.24, 2.45) is 0 Å². The second-order valence-electron chi connectivity index (χ2n) is 4.64. The first kappa shape index (κ1) is 16.2. The molecule has 118 valence electrons. The van der Waals surface area contributed by atoms with E-state index in [1.165, 1.54) is 10.9 Å². The number of aromatic nitrogens is 3. The van der Waals surface area contributed by atoms with Crippen LogP contribution in [-0.2, 0) is 21.4 Å². The standard InChI is InChI=1S/C12H14ClN5O3S/c1-8-9(13)4-3-5-10(8)14-12(19)7-18-6-11(15-17-18)16-22(2,20)21/h3-6,16H,7H2,1-2H3,(H,14,19). The van der Waals surface area contributed by atoms with Crippen LogP contribution in [0.2, 0.25) is 5.02 Å². The van der Waals surface area contributed by atoms with E-state index in [1.807, 2.05) is 0 Å². The molecule has 8 nitrogen and oxygen atoms in total. The molecular weight excluding hydrogens is 330 g/mol. The molecule has 0 radical (unpaired) electrons. The molecule has 0 saturated heterocycles. The van der Waals surface area contributed by atoms with E-state index in [4.69, 9.17) is 11.6 Å². The highest BCUT2D eigenvalue weighted by molar-refractivity contribution is 7.92. The van der Waals surface area contributed by atoms with E-state index in [1.54, 1.807) is 25.1 Å². The summed E-state index contributed by atoms with van der Waals surface area (Å²) in [5.41, 5.74) is 1.36. The summed E-state index contributed by atoms with van der Waals surface area (Å²) in [4.78, 5) is 12.0. The van der Waals surface area contributed by atoms with Crippen LogP contribution in [0.3, 0.4) is 0 Å². The Balaban J connectivity index is 2.02. The van der Waals surface area contributed by atoms with Gasteiger partial charge < -0.3 is 5.32 Å². The Morgan fingerprint density at radius 1 is 1.41 bits per heavy atom. The van der Waals surface area contributed by atoms with E-state index in [0.717, 1.165) is 11.8 Å². The number of nitrogens with zero attached hydrogens (tertiary/aromatic N) is 3. The predicted octanol–water partition coefficient (Wildman–Crippen LogP) is 1.25. The number of amides is 1. The second kappa shape index (κ2) is 6.32. The van der Waals surface area contributed by atoms with Gasteiger partial charge in [-0.2, -0.15) is 0 Å². The molecule has 0 aliphatic rings. The van der Waals surface area contributed by atoms with Crippen molar-refractivity contribution in [3.8, 4) is 0 Å². The molecule has 1 aromatic carbocycles. The summed E-state index contributed by atoms with van der Waals surface area (Å²) >= 11 is 5.98. The minimum atomic E-state index is -3.43. The largest absolute Gasteiger partial charge is 0.324 e. The van der Waals surface area contributed by atoms with Crippen molar-refractivity contribution in [2.45, 2.75) is 13.5 Å². The third-order valence-electron chi connectivity index (χ3n) is 2.68. The van der Waals surface area contributed by atoms with E-state index in [2.05, 4.69) is 20.4 Å². The number of anilines is 2. The van der Waals surface area contributed by atoms with E-state index in [0.29, 0.717) is 10.7 Å². The van der Waals surface area contributed by atoms with Gasteiger partial charge in [-0.3, -0.25) is 9.52 Å². The van der Waals surface area contributed by atoms with E-state index >= 15 is 0 Å². The highest BCUT2D eigenvalue weighted by Gasteiger charge is 2.10. The van der Waals surface area contributed by atoms with Gasteiger partial charge in [0.2, 0.25) is 15.9 Å². The molecule has 0 atom stereocenters. The first-order valence-electron chi connectivity index (χ1n) is 6.17. The molecule has 1 aromatic heterocycles. The zero-order valence-electron chi connectivity index (χ0n) is 11.9. The maximum Gasteiger partial charge on any atom is 0.246 e. The van der Waals surface area contributed by atoms with Crippen molar-refractivity contribution in [3.05, 3.63) is 35.0 Å². The summed E-state index contributed by atoms with van der Waals surface area (Å²) < 4.78 is 25.5. The van der Waals surface area contributed by atoms with Gasteiger partial charge in [-0.1, -0.05) is 22.9 Å². The lowest BCUT2D eigenvalue weighted by atomic mass is 10.2. The molecule has 1 heterocycles. The molecule has 1 amide bonds. The number of carbonyl (C=O) groups is 1. The van der Waals surface area contributed by atoms with Gasteiger partial charge in [-0.15, -0.1) is 5.10 Å². The third kappa shape index (κ3) is 4.43. The average Bonchev–Trinajstić information content (AvgIpc) is 2.79. The fourth-order valence-electron chi connectivity index (χ4n) is 1.69. The first-order chi connectivity index (χ1) is 10.2. The zero-order valence-corrected chi connectivity index (χ0v) is 13.4. The normalized spacial score (nSPS) is 11.2. The Morgan fingerprint density at radius 2 is 2.14 bits per heavy atom. The minimum Gasteiger partial charge on any atom is -0.324 e. The molecular formula is C12H14ClN5O3S. The topological polar surface area (TPSA) is 106 Å².